The first-order valence-electron chi connectivity index (χ1n) is 7.79. The van der Waals surface area contributed by atoms with Gasteiger partial charge >= 0.3 is 0 Å². The van der Waals surface area contributed by atoms with Gasteiger partial charge in [-0.1, -0.05) is 29.3 Å². The molecule has 0 fully saturated rings. The van der Waals surface area contributed by atoms with Gasteiger partial charge in [-0.05, 0) is 18.2 Å². The third kappa shape index (κ3) is 3.20. The number of aromatic nitrogens is 4. The van der Waals surface area contributed by atoms with Crippen LogP contribution in [0.2, 0.25) is 10.0 Å². The Bertz CT molecular complexity index is 1210. The van der Waals surface area contributed by atoms with Crippen LogP contribution in [0.4, 0.5) is 10.2 Å². The van der Waals surface area contributed by atoms with E-state index < -0.39 is 5.95 Å². The van der Waals surface area contributed by atoms with Crippen LogP contribution in [0.5, 0.6) is 0 Å². The zero-order valence-corrected chi connectivity index (χ0v) is 16.2. The summed E-state index contributed by atoms with van der Waals surface area (Å²) in [5, 5.41) is 17.4. The van der Waals surface area contributed by atoms with Crippen molar-refractivity contribution in [3.05, 3.63) is 58.2 Å². The standard InChI is InChI=1S/C18H9Cl2FN6S/c19-9-1-2-10(12(20)5-9)15-11(6-22)16(8-3-13(21)26-14(23)4-8)28-17(15)18-24-7-25-27-18/h1-5,7H,(H2,23,26)(H,24,25,27). The Morgan fingerprint density at radius 2 is 2.00 bits per heavy atom. The first kappa shape index (κ1) is 18.4. The van der Waals surface area contributed by atoms with Gasteiger partial charge in [0.1, 0.15) is 18.2 Å². The van der Waals surface area contributed by atoms with Crippen LogP contribution >= 0.6 is 34.5 Å². The van der Waals surface area contributed by atoms with E-state index in [-0.39, 0.29) is 5.82 Å². The molecule has 3 N–H and O–H groups in total. The van der Waals surface area contributed by atoms with Crippen molar-refractivity contribution in [2.24, 2.45) is 0 Å². The molecule has 3 aromatic heterocycles. The topological polar surface area (TPSA) is 104 Å². The summed E-state index contributed by atoms with van der Waals surface area (Å²) in [6.45, 7) is 0. The minimum absolute atomic E-state index is 0.0135. The quantitative estimate of drug-likeness (QED) is 0.436. The Balaban J connectivity index is 2.06. The molecule has 4 aromatic rings. The lowest BCUT2D eigenvalue weighted by Gasteiger charge is -2.07. The van der Waals surface area contributed by atoms with Crippen LogP contribution in [0.1, 0.15) is 5.56 Å². The van der Waals surface area contributed by atoms with Gasteiger partial charge in [-0.3, -0.25) is 5.10 Å². The number of H-pyrrole nitrogens is 1. The molecule has 4 rings (SSSR count). The van der Waals surface area contributed by atoms with E-state index >= 15 is 0 Å². The van der Waals surface area contributed by atoms with Crippen molar-refractivity contribution >= 4 is 40.4 Å². The maximum atomic E-state index is 13.8. The molecule has 0 aliphatic rings. The fourth-order valence-electron chi connectivity index (χ4n) is 2.82. The molecule has 0 amide bonds. The predicted octanol–water partition coefficient (Wildman–Crippen LogP) is 5.16. The monoisotopic (exact) mass is 430 g/mol. The van der Waals surface area contributed by atoms with E-state index in [9.17, 15) is 9.65 Å². The van der Waals surface area contributed by atoms with Gasteiger partial charge in [-0.2, -0.15) is 14.8 Å². The predicted molar refractivity (Wildman–Crippen MR) is 107 cm³/mol. The number of halogens is 3. The van der Waals surface area contributed by atoms with Crippen LogP contribution in [0.3, 0.4) is 0 Å². The first-order chi connectivity index (χ1) is 13.5. The largest absolute Gasteiger partial charge is 0.384 e. The Labute approximate surface area is 172 Å². The SMILES string of the molecule is N#Cc1c(-c2cc(N)nc(F)c2)sc(-c2ncn[nH]2)c1-c1ccc(Cl)cc1Cl. The van der Waals surface area contributed by atoms with Crippen molar-refractivity contribution in [1.29, 1.82) is 5.26 Å². The van der Waals surface area contributed by atoms with Gasteiger partial charge < -0.3 is 5.73 Å². The molecular formula is C18H9Cl2FN6S. The van der Waals surface area contributed by atoms with E-state index in [1.807, 2.05) is 0 Å². The minimum atomic E-state index is -0.736. The third-order valence-corrected chi connectivity index (χ3v) is 5.72. The van der Waals surface area contributed by atoms with E-state index in [0.29, 0.717) is 47.9 Å². The van der Waals surface area contributed by atoms with Gasteiger partial charge in [0.25, 0.3) is 0 Å². The van der Waals surface area contributed by atoms with Crippen LogP contribution in [0.15, 0.2) is 36.7 Å². The van der Waals surface area contributed by atoms with Crippen LogP contribution in [-0.2, 0) is 0 Å². The fourth-order valence-corrected chi connectivity index (χ4v) is 4.52. The number of pyridine rings is 1. The van der Waals surface area contributed by atoms with Crippen LogP contribution in [0, 0.1) is 17.3 Å². The molecule has 10 heteroatoms. The minimum Gasteiger partial charge on any atom is -0.384 e. The molecule has 6 nitrogen and oxygen atoms in total. The van der Waals surface area contributed by atoms with Crippen LogP contribution in [0.25, 0.3) is 32.3 Å². The highest BCUT2D eigenvalue weighted by molar-refractivity contribution is 7.19. The van der Waals surface area contributed by atoms with Gasteiger partial charge in [-0.15, -0.1) is 11.3 Å². The highest BCUT2D eigenvalue weighted by Crippen LogP contribution is 2.48. The number of thiophene rings is 1. The van der Waals surface area contributed by atoms with Gasteiger partial charge in [0.05, 0.1) is 15.3 Å². The molecule has 0 unspecified atom stereocenters. The number of nitrogens with zero attached hydrogens (tertiary/aromatic N) is 4. The molecule has 28 heavy (non-hydrogen) atoms. The van der Waals surface area contributed by atoms with Crippen molar-refractivity contribution < 1.29 is 4.39 Å². The van der Waals surface area contributed by atoms with Crippen molar-refractivity contribution in [3.63, 3.8) is 0 Å². The van der Waals surface area contributed by atoms with Gasteiger partial charge in [-0.25, -0.2) is 9.97 Å². The number of hydrogen-bond donors (Lipinski definition) is 2. The molecule has 3 heterocycles. The van der Waals surface area contributed by atoms with E-state index in [0.717, 1.165) is 0 Å². The van der Waals surface area contributed by atoms with Gasteiger partial charge in [0.15, 0.2) is 5.82 Å². The number of nitriles is 1. The second-order valence-electron chi connectivity index (χ2n) is 5.68. The molecule has 0 bridgehead atoms. The zero-order valence-electron chi connectivity index (χ0n) is 13.9. The molecule has 0 spiro atoms. The summed E-state index contributed by atoms with van der Waals surface area (Å²) in [6.07, 6.45) is 1.36. The smallest absolute Gasteiger partial charge is 0.215 e. The molecule has 0 saturated carbocycles. The summed E-state index contributed by atoms with van der Waals surface area (Å²) in [5.74, 6) is -0.268. The van der Waals surface area contributed by atoms with E-state index in [1.165, 1.54) is 29.8 Å². The Morgan fingerprint density at radius 1 is 1.18 bits per heavy atom. The molecule has 0 radical (unpaired) electrons. The molecule has 138 valence electrons. The van der Waals surface area contributed by atoms with Crippen molar-refractivity contribution in [2.45, 2.75) is 0 Å². The van der Waals surface area contributed by atoms with Crippen molar-refractivity contribution in [2.75, 3.05) is 5.73 Å². The second-order valence-corrected chi connectivity index (χ2v) is 7.55. The molecule has 1 aromatic carbocycles. The highest BCUT2D eigenvalue weighted by Gasteiger charge is 2.25. The summed E-state index contributed by atoms with van der Waals surface area (Å²) in [6, 6.07) is 9.91. The lowest BCUT2D eigenvalue weighted by Crippen LogP contribution is -1.94. The third-order valence-electron chi connectivity index (χ3n) is 3.93. The second kappa shape index (κ2) is 7.20. The molecule has 0 aliphatic carbocycles. The zero-order chi connectivity index (χ0) is 19.8. The normalized spacial score (nSPS) is 10.8. The average molecular weight is 431 g/mol. The number of nitrogens with two attached hydrogens (primary N) is 1. The lowest BCUT2D eigenvalue weighted by molar-refractivity contribution is 0.586. The summed E-state index contributed by atoms with van der Waals surface area (Å²) < 4.78 is 13.8. The molecular weight excluding hydrogens is 422 g/mol. The first-order valence-corrected chi connectivity index (χ1v) is 9.36. The Morgan fingerprint density at radius 3 is 2.64 bits per heavy atom. The van der Waals surface area contributed by atoms with E-state index in [2.05, 4.69) is 26.2 Å². The molecule has 0 aliphatic heterocycles. The summed E-state index contributed by atoms with van der Waals surface area (Å²) in [5.41, 5.74) is 7.58. The summed E-state index contributed by atoms with van der Waals surface area (Å²) >= 11 is 13.7. The van der Waals surface area contributed by atoms with Crippen LogP contribution in [-0.4, -0.2) is 20.2 Å². The van der Waals surface area contributed by atoms with Crippen molar-refractivity contribution in [1.82, 2.24) is 20.2 Å². The number of rotatable bonds is 3. The molecule has 0 saturated heterocycles. The van der Waals surface area contributed by atoms with Gasteiger partial charge in [0.2, 0.25) is 5.95 Å². The average Bonchev–Trinajstić information content (AvgIpc) is 3.28. The fraction of sp³-hybridized carbons (Fsp3) is 0. The number of nitrogen functional groups attached to an aromatic ring is 1. The van der Waals surface area contributed by atoms with E-state index in [1.54, 1.807) is 18.2 Å². The number of anilines is 1. The number of aromatic amines is 1. The summed E-state index contributed by atoms with van der Waals surface area (Å²) in [4.78, 5) is 8.88. The van der Waals surface area contributed by atoms with Crippen LogP contribution < -0.4 is 5.73 Å². The Kier molecular flexibility index (Phi) is 4.73. The maximum absolute atomic E-state index is 13.8. The summed E-state index contributed by atoms with van der Waals surface area (Å²) in [7, 11) is 0. The van der Waals surface area contributed by atoms with Gasteiger partial charge in [0, 0.05) is 32.8 Å². The highest BCUT2D eigenvalue weighted by atomic mass is 35.5. The van der Waals surface area contributed by atoms with Crippen molar-refractivity contribution in [3.8, 4) is 38.3 Å². The van der Waals surface area contributed by atoms with E-state index in [4.69, 9.17) is 28.9 Å². The number of nitrogens with one attached hydrogen (secondary N) is 1. The molecule has 0 atom stereocenters. The Hall–Kier alpha value is -2.99. The number of benzene rings is 1. The lowest BCUT2D eigenvalue weighted by atomic mass is 9.98. The number of hydrogen-bond acceptors (Lipinski definition) is 6. The maximum Gasteiger partial charge on any atom is 0.215 e.